The number of pyridine rings is 1. The van der Waals surface area contributed by atoms with Gasteiger partial charge in [0.2, 0.25) is 6.17 Å². The zero-order valence-corrected chi connectivity index (χ0v) is 20.2. The topological polar surface area (TPSA) is 118 Å². The van der Waals surface area contributed by atoms with E-state index in [4.69, 9.17) is 14.1 Å². The standard InChI is InChI=1S/C27H25N7O3/c1-17-16-36-15-14-34(17)24-20(11-7-13-28-24)26-32-33-27(37-26)31-23-25(35)29-21-12-6-5-10-19(21)22(30-23)18-8-3-2-4-9-18/h2-13,17,23H,14-16H2,1H3,(H,29,35)(H,31,33)/t17-,23?/m1/s1. The Morgan fingerprint density at radius 2 is 1.81 bits per heavy atom. The van der Waals surface area contributed by atoms with Crippen LogP contribution >= 0.6 is 0 Å². The molecular weight excluding hydrogens is 470 g/mol. The van der Waals surface area contributed by atoms with E-state index in [2.05, 4.69) is 37.6 Å². The lowest BCUT2D eigenvalue weighted by molar-refractivity contribution is -0.116. The number of benzene rings is 2. The average Bonchev–Trinajstić information content (AvgIpc) is 3.35. The molecule has 10 heteroatoms. The molecule has 6 rings (SSSR count). The van der Waals surface area contributed by atoms with Crippen molar-refractivity contribution in [2.45, 2.75) is 19.1 Å². The van der Waals surface area contributed by atoms with Crippen LogP contribution in [0, 0.1) is 0 Å². The summed E-state index contributed by atoms with van der Waals surface area (Å²) in [6.07, 6.45) is 0.757. The van der Waals surface area contributed by atoms with Crippen LogP contribution in [0.5, 0.6) is 0 Å². The van der Waals surface area contributed by atoms with Crippen LogP contribution in [0.15, 0.2) is 82.3 Å². The first-order valence-corrected chi connectivity index (χ1v) is 12.1. The highest BCUT2D eigenvalue weighted by Crippen LogP contribution is 2.31. The quantitative estimate of drug-likeness (QED) is 0.431. The molecule has 4 heterocycles. The van der Waals surface area contributed by atoms with Gasteiger partial charge in [0.05, 0.1) is 36.2 Å². The first-order valence-electron chi connectivity index (χ1n) is 12.1. The molecule has 37 heavy (non-hydrogen) atoms. The highest BCUT2D eigenvalue weighted by atomic mass is 16.5. The Labute approximate surface area is 213 Å². The minimum absolute atomic E-state index is 0.0853. The molecule has 0 bridgehead atoms. The number of rotatable bonds is 5. The van der Waals surface area contributed by atoms with E-state index >= 15 is 0 Å². The van der Waals surface area contributed by atoms with Crippen molar-refractivity contribution >= 4 is 29.1 Å². The van der Waals surface area contributed by atoms with Crippen molar-refractivity contribution in [3.63, 3.8) is 0 Å². The van der Waals surface area contributed by atoms with E-state index in [1.807, 2.05) is 66.7 Å². The summed E-state index contributed by atoms with van der Waals surface area (Å²) in [5, 5.41) is 14.4. The van der Waals surface area contributed by atoms with Gasteiger partial charge in [-0.1, -0.05) is 53.6 Å². The van der Waals surface area contributed by atoms with Gasteiger partial charge in [0.25, 0.3) is 11.8 Å². The van der Waals surface area contributed by atoms with Gasteiger partial charge in [0, 0.05) is 23.9 Å². The second-order valence-corrected chi connectivity index (χ2v) is 8.83. The Morgan fingerprint density at radius 3 is 2.68 bits per heavy atom. The second-order valence-electron chi connectivity index (χ2n) is 8.83. The van der Waals surface area contributed by atoms with E-state index in [1.165, 1.54) is 0 Å². The molecule has 2 aliphatic rings. The first-order chi connectivity index (χ1) is 18.2. The summed E-state index contributed by atoms with van der Waals surface area (Å²) >= 11 is 0. The van der Waals surface area contributed by atoms with E-state index in [0.29, 0.717) is 42.6 Å². The number of benzodiazepines with no additional fused rings is 1. The molecule has 0 saturated carbocycles. The number of nitrogens with zero attached hydrogens (tertiary/aromatic N) is 5. The Balaban J connectivity index is 1.32. The number of aliphatic imine (C=N–C) groups is 1. The summed E-state index contributed by atoms with van der Waals surface area (Å²) in [6, 6.07) is 21.3. The molecule has 1 fully saturated rings. The fourth-order valence-electron chi connectivity index (χ4n) is 4.52. The van der Waals surface area contributed by atoms with Gasteiger partial charge in [-0.2, -0.15) is 0 Å². The molecule has 1 amide bonds. The van der Waals surface area contributed by atoms with Crippen molar-refractivity contribution in [2.24, 2.45) is 4.99 Å². The highest BCUT2D eigenvalue weighted by Gasteiger charge is 2.28. The largest absolute Gasteiger partial charge is 0.403 e. The maximum Gasteiger partial charge on any atom is 0.317 e. The van der Waals surface area contributed by atoms with E-state index in [1.54, 1.807) is 6.20 Å². The molecule has 186 valence electrons. The minimum atomic E-state index is -0.983. The number of anilines is 3. The van der Waals surface area contributed by atoms with Crippen LogP contribution in [0.4, 0.5) is 17.5 Å². The van der Waals surface area contributed by atoms with Crippen LogP contribution in [0.1, 0.15) is 18.1 Å². The molecule has 1 saturated heterocycles. The second kappa shape index (κ2) is 9.82. The predicted molar refractivity (Wildman–Crippen MR) is 140 cm³/mol. The summed E-state index contributed by atoms with van der Waals surface area (Å²) in [7, 11) is 0. The normalized spacial score (nSPS) is 19.4. The molecule has 2 aromatic carbocycles. The van der Waals surface area contributed by atoms with Gasteiger partial charge in [0.1, 0.15) is 5.82 Å². The maximum absolute atomic E-state index is 13.1. The predicted octanol–water partition coefficient (Wildman–Crippen LogP) is 3.58. The summed E-state index contributed by atoms with van der Waals surface area (Å²) in [5.74, 6) is 0.719. The van der Waals surface area contributed by atoms with Crippen LogP contribution < -0.4 is 15.5 Å². The number of para-hydroxylation sites is 1. The molecule has 0 aliphatic carbocycles. The third-order valence-corrected chi connectivity index (χ3v) is 6.34. The fraction of sp³-hybridized carbons (Fsp3) is 0.222. The highest BCUT2D eigenvalue weighted by molar-refractivity contribution is 6.19. The number of fused-ring (bicyclic) bond motifs is 1. The zero-order chi connectivity index (χ0) is 25.2. The Bertz CT molecular complexity index is 1450. The first kappa shape index (κ1) is 22.9. The summed E-state index contributed by atoms with van der Waals surface area (Å²) < 4.78 is 11.5. The molecule has 0 spiro atoms. The number of carbonyl (C=O) groups excluding carboxylic acids is 1. The van der Waals surface area contributed by atoms with E-state index in [0.717, 1.165) is 16.9 Å². The van der Waals surface area contributed by atoms with Gasteiger partial charge in [-0.15, -0.1) is 5.10 Å². The Hall–Kier alpha value is -4.57. The molecule has 2 N–H and O–H groups in total. The molecule has 1 unspecified atom stereocenters. The van der Waals surface area contributed by atoms with Crippen molar-refractivity contribution in [1.82, 2.24) is 15.2 Å². The van der Waals surface area contributed by atoms with E-state index in [9.17, 15) is 4.79 Å². The van der Waals surface area contributed by atoms with Gasteiger partial charge in [-0.05, 0) is 25.1 Å². The number of nitrogens with one attached hydrogen (secondary N) is 2. The number of carbonyl (C=O) groups is 1. The van der Waals surface area contributed by atoms with E-state index in [-0.39, 0.29) is 18.0 Å². The lowest BCUT2D eigenvalue weighted by Crippen LogP contribution is -2.44. The van der Waals surface area contributed by atoms with Gasteiger partial charge < -0.3 is 24.7 Å². The van der Waals surface area contributed by atoms with Crippen molar-refractivity contribution < 1.29 is 13.9 Å². The number of hydrogen-bond acceptors (Lipinski definition) is 9. The zero-order valence-electron chi connectivity index (χ0n) is 20.2. The lowest BCUT2D eigenvalue weighted by Gasteiger charge is -2.34. The smallest absolute Gasteiger partial charge is 0.317 e. The molecular formula is C27H25N7O3. The monoisotopic (exact) mass is 495 g/mol. The molecule has 2 atom stereocenters. The van der Waals surface area contributed by atoms with Crippen LogP contribution in [-0.2, 0) is 9.53 Å². The average molecular weight is 496 g/mol. The van der Waals surface area contributed by atoms with Crippen molar-refractivity contribution in [3.05, 3.63) is 84.1 Å². The van der Waals surface area contributed by atoms with Crippen molar-refractivity contribution in [2.75, 3.05) is 35.3 Å². The molecule has 0 radical (unpaired) electrons. The third-order valence-electron chi connectivity index (χ3n) is 6.34. The van der Waals surface area contributed by atoms with Crippen LogP contribution in [0.25, 0.3) is 11.5 Å². The van der Waals surface area contributed by atoms with Gasteiger partial charge in [-0.3, -0.25) is 4.79 Å². The van der Waals surface area contributed by atoms with Crippen LogP contribution in [-0.4, -0.2) is 58.8 Å². The van der Waals surface area contributed by atoms with Gasteiger partial charge in [0.15, 0.2) is 0 Å². The van der Waals surface area contributed by atoms with Crippen molar-refractivity contribution in [3.8, 4) is 11.5 Å². The molecule has 2 aromatic heterocycles. The molecule has 4 aromatic rings. The molecule has 10 nitrogen and oxygen atoms in total. The number of amides is 1. The summed E-state index contributed by atoms with van der Waals surface area (Å²) in [6.45, 7) is 4.04. The van der Waals surface area contributed by atoms with Crippen LogP contribution in [0.3, 0.4) is 0 Å². The van der Waals surface area contributed by atoms with Crippen LogP contribution in [0.2, 0.25) is 0 Å². The number of ether oxygens (including phenoxy) is 1. The number of aromatic nitrogens is 3. The van der Waals surface area contributed by atoms with Crippen molar-refractivity contribution in [1.29, 1.82) is 0 Å². The number of hydrogen-bond donors (Lipinski definition) is 2. The van der Waals surface area contributed by atoms with Gasteiger partial charge in [-0.25, -0.2) is 9.98 Å². The summed E-state index contributed by atoms with van der Waals surface area (Å²) in [5.41, 5.74) is 3.80. The molecule has 2 aliphatic heterocycles. The van der Waals surface area contributed by atoms with Gasteiger partial charge >= 0.3 is 6.01 Å². The lowest BCUT2D eigenvalue weighted by atomic mass is 10.0. The Kier molecular flexibility index (Phi) is 6.07. The maximum atomic E-state index is 13.1. The minimum Gasteiger partial charge on any atom is -0.403 e. The third kappa shape index (κ3) is 4.54. The fourth-order valence-corrected chi connectivity index (χ4v) is 4.52. The Morgan fingerprint density at radius 1 is 1.00 bits per heavy atom. The van der Waals surface area contributed by atoms with E-state index < -0.39 is 6.17 Å². The SMILES string of the molecule is C[C@@H]1COCCN1c1ncccc1-c1nnc(NC2N=C(c3ccccc3)c3ccccc3NC2=O)o1. The summed E-state index contributed by atoms with van der Waals surface area (Å²) in [4.78, 5) is 24.7. The number of morpholine rings is 1.